The zero-order chi connectivity index (χ0) is 8.39. The molecule has 1 aliphatic heterocycles. The maximum atomic E-state index is 4.51. The van der Waals surface area contributed by atoms with E-state index in [9.17, 15) is 0 Å². The summed E-state index contributed by atoms with van der Waals surface area (Å²) in [4.78, 5) is 4.51. The molecule has 0 N–H and O–H groups in total. The first-order valence-electron chi connectivity index (χ1n) is 4.53. The molecule has 0 spiro atoms. The van der Waals surface area contributed by atoms with Gasteiger partial charge < -0.3 is 0 Å². The third kappa shape index (κ3) is 1.15. The first kappa shape index (κ1) is 7.53. The number of hydrogen-bond acceptors (Lipinski definition) is 1. The first-order chi connectivity index (χ1) is 5.92. The number of rotatable bonds is 2. The Morgan fingerprint density at radius 3 is 3.00 bits per heavy atom. The summed E-state index contributed by atoms with van der Waals surface area (Å²) in [6.07, 6.45) is 2.31. The quantitative estimate of drug-likeness (QED) is 0.629. The minimum atomic E-state index is 0.894. The minimum absolute atomic E-state index is 0.894. The van der Waals surface area contributed by atoms with Gasteiger partial charge in [0.1, 0.15) is 0 Å². The summed E-state index contributed by atoms with van der Waals surface area (Å²) in [6.45, 7) is 3.09. The van der Waals surface area contributed by atoms with Crippen LogP contribution in [0.2, 0.25) is 0 Å². The first-order valence-corrected chi connectivity index (χ1v) is 4.53. The lowest BCUT2D eigenvalue weighted by Gasteiger charge is -1.99. The highest BCUT2D eigenvalue weighted by Crippen LogP contribution is 2.20. The number of fused-ring (bicyclic) bond motifs is 1. The third-order valence-corrected chi connectivity index (χ3v) is 2.26. The summed E-state index contributed by atoms with van der Waals surface area (Å²) >= 11 is 0. The van der Waals surface area contributed by atoms with Crippen LogP contribution in [-0.4, -0.2) is 5.71 Å². The molecule has 0 unspecified atom stereocenters. The van der Waals surface area contributed by atoms with Crippen LogP contribution >= 0.6 is 0 Å². The van der Waals surface area contributed by atoms with Crippen LogP contribution in [0.3, 0.4) is 0 Å². The molecule has 0 amide bonds. The molecule has 12 heavy (non-hydrogen) atoms. The fourth-order valence-electron chi connectivity index (χ4n) is 1.66. The van der Waals surface area contributed by atoms with Crippen molar-refractivity contribution >= 4 is 5.71 Å². The van der Waals surface area contributed by atoms with Crippen molar-refractivity contribution < 1.29 is 0 Å². The Bertz CT molecular complexity index is 313. The van der Waals surface area contributed by atoms with Crippen molar-refractivity contribution in [2.75, 3.05) is 0 Å². The predicted octanol–water partition coefficient (Wildman–Crippen LogP) is 2.79. The molecule has 0 bridgehead atoms. The summed E-state index contributed by atoms with van der Waals surface area (Å²) in [5.74, 6) is 0. The molecule has 0 saturated carbocycles. The van der Waals surface area contributed by atoms with E-state index in [1.165, 1.54) is 23.3 Å². The Labute approximate surface area is 73.1 Å². The van der Waals surface area contributed by atoms with E-state index in [1.807, 2.05) is 0 Å². The normalized spacial score (nSPS) is 14.2. The van der Waals surface area contributed by atoms with Gasteiger partial charge in [0, 0.05) is 11.3 Å². The van der Waals surface area contributed by atoms with Gasteiger partial charge in [-0.3, -0.25) is 4.99 Å². The molecule has 1 aromatic carbocycles. The van der Waals surface area contributed by atoms with E-state index in [-0.39, 0.29) is 0 Å². The third-order valence-electron chi connectivity index (χ3n) is 2.26. The second kappa shape index (κ2) is 3.10. The highest BCUT2D eigenvalue weighted by Gasteiger charge is 2.12. The number of benzene rings is 1. The van der Waals surface area contributed by atoms with E-state index in [2.05, 4.69) is 36.2 Å². The van der Waals surface area contributed by atoms with Crippen molar-refractivity contribution in [2.45, 2.75) is 26.3 Å². The van der Waals surface area contributed by atoms with Gasteiger partial charge >= 0.3 is 0 Å². The summed E-state index contributed by atoms with van der Waals surface area (Å²) in [5, 5.41) is 0. The van der Waals surface area contributed by atoms with Crippen molar-refractivity contribution in [1.82, 2.24) is 0 Å². The monoisotopic (exact) mass is 159 g/mol. The average Bonchev–Trinajstić information content (AvgIpc) is 2.50. The van der Waals surface area contributed by atoms with Gasteiger partial charge in [-0.15, -0.1) is 0 Å². The molecule has 1 aliphatic rings. The topological polar surface area (TPSA) is 12.4 Å². The van der Waals surface area contributed by atoms with Crippen molar-refractivity contribution in [2.24, 2.45) is 4.99 Å². The molecule has 1 aromatic rings. The zero-order valence-corrected chi connectivity index (χ0v) is 7.38. The molecule has 0 saturated heterocycles. The van der Waals surface area contributed by atoms with Crippen molar-refractivity contribution in [1.29, 1.82) is 0 Å². The Hall–Kier alpha value is -1.11. The molecular weight excluding hydrogens is 146 g/mol. The highest BCUT2D eigenvalue weighted by molar-refractivity contribution is 6.03. The maximum Gasteiger partial charge on any atom is 0.0649 e. The standard InChI is InChI=1S/C11H13N/c1-2-5-11-10-7-4-3-6-9(10)8-12-11/h3-4,6-7H,2,5,8H2,1H3. The maximum absolute atomic E-state index is 4.51. The molecule has 2 rings (SSSR count). The summed E-state index contributed by atoms with van der Waals surface area (Å²) in [5.41, 5.74) is 4.06. The van der Waals surface area contributed by atoms with E-state index in [0.29, 0.717) is 0 Å². The van der Waals surface area contributed by atoms with Gasteiger partial charge in [0.2, 0.25) is 0 Å². The van der Waals surface area contributed by atoms with Crippen molar-refractivity contribution in [3.8, 4) is 0 Å². The van der Waals surface area contributed by atoms with Gasteiger partial charge in [-0.1, -0.05) is 37.6 Å². The van der Waals surface area contributed by atoms with Crippen LogP contribution < -0.4 is 0 Å². The molecule has 1 heterocycles. The molecular formula is C11H13N. The van der Waals surface area contributed by atoms with Crippen LogP contribution in [0.15, 0.2) is 29.3 Å². The Morgan fingerprint density at radius 2 is 2.17 bits per heavy atom. The molecule has 1 nitrogen and oxygen atoms in total. The number of nitrogens with zero attached hydrogens (tertiary/aromatic N) is 1. The van der Waals surface area contributed by atoms with E-state index in [4.69, 9.17) is 0 Å². The SMILES string of the molecule is CCCC1=NCc2ccccc21. The summed E-state index contributed by atoms with van der Waals surface area (Å²) in [7, 11) is 0. The van der Waals surface area contributed by atoms with Gasteiger partial charge in [-0.2, -0.15) is 0 Å². The van der Waals surface area contributed by atoms with Crippen LogP contribution in [-0.2, 0) is 6.54 Å². The van der Waals surface area contributed by atoms with E-state index < -0.39 is 0 Å². The lowest BCUT2D eigenvalue weighted by molar-refractivity contribution is 0.987. The van der Waals surface area contributed by atoms with Crippen LogP contribution in [0.4, 0.5) is 0 Å². The molecule has 0 radical (unpaired) electrons. The molecule has 62 valence electrons. The van der Waals surface area contributed by atoms with Crippen molar-refractivity contribution in [3.63, 3.8) is 0 Å². The van der Waals surface area contributed by atoms with E-state index in [1.54, 1.807) is 0 Å². The van der Waals surface area contributed by atoms with Gasteiger partial charge in [0.15, 0.2) is 0 Å². The molecule has 1 heteroatoms. The highest BCUT2D eigenvalue weighted by atomic mass is 14.8. The lowest BCUT2D eigenvalue weighted by atomic mass is 10.0. The second-order valence-corrected chi connectivity index (χ2v) is 3.17. The smallest absolute Gasteiger partial charge is 0.0649 e. The molecule has 0 aliphatic carbocycles. The average molecular weight is 159 g/mol. The fourth-order valence-corrected chi connectivity index (χ4v) is 1.66. The second-order valence-electron chi connectivity index (χ2n) is 3.17. The van der Waals surface area contributed by atoms with Crippen LogP contribution in [0.25, 0.3) is 0 Å². The van der Waals surface area contributed by atoms with Crippen LogP contribution in [0, 0.1) is 0 Å². The van der Waals surface area contributed by atoms with E-state index in [0.717, 1.165) is 13.0 Å². The lowest BCUT2D eigenvalue weighted by Crippen LogP contribution is -1.96. The van der Waals surface area contributed by atoms with Gasteiger partial charge in [0.05, 0.1) is 6.54 Å². The fraction of sp³-hybridized carbons (Fsp3) is 0.364. The Balaban J connectivity index is 2.32. The van der Waals surface area contributed by atoms with E-state index >= 15 is 0 Å². The predicted molar refractivity (Wildman–Crippen MR) is 51.6 cm³/mol. The van der Waals surface area contributed by atoms with Crippen molar-refractivity contribution in [3.05, 3.63) is 35.4 Å². The van der Waals surface area contributed by atoms with Gasteiger partial charge in [-0.25, -0.2) is 0 Å². The van der Waals surface area contributed by atoms with Gasteiger partial charge in [-0.05, 0) is 12.0 Å². The number of aliphatic imine (C=N–C) groups is 1. The Kier molecular flexibility index (Phi) is 1.94. The zero-order valence-electron chi connectivity index (χ0n) is 7.38. The molecule has 0 atom stereocenters. The Morgan fingerprint density at radius 1 is 1.33 bits per heavy atom. The number of hydrogen-bond donors (Lipinski definition) is 0. The van der Waals surface area contributed by atoms with Crippen LogP contribution in [0.5, 0.6) is 0 Å². The van der Waals surface area contributed by atoms with Crippen LogP contribution in [0.1, 0.15) is 30.9 Å². The summed E-state index contributed by atoms with van der Waals surface area (Å²) in [6, 6.07) is 8.52. The summed E-state index contributed by atoms with van der Waals surface area (Å²) < 4.78 is 0. The van der Waals surface area contributed by atoms with Gasteiger partial charge in [0.25, 0.3) is 0 Å². The largest absolute Gasteiger partial charge is 0.284 e. The molecule has 0 aromatic heterocycles. The minimum Gasteiger partial charge on any atom is -0.284 e. The molecule has 0 fully saturated rings.